The number of rotatable bonds is 1. The summed E-state index contributed by atoms with van der Waals surface area (Å²) >= 11 is 0. The van der Waals surface area contributed by atoms with Crippen molar-refractivity contribution in [3.8, 4) is 0 Å². The molecule has 0 aromatic carbocycles. The van der Waals surface area contributed by atoms with Gasteiger partial charge in [0.05, 0.1) is 6.26 Å². The van der Waals surface area contributed by atoms with Crippen LogP contribution in [0.3, 0.4) is 0 Å². The maximum Gasteiger partial charge on any atom is 0.108 e. The Balaban J connectivity index is 1.91. The van der Waals surface area contributed by atoms with Crippen LogP contribution >= 0.6 is 0 Å². The van der Waals surface area contributed by atoms with Crippen molar-refractivity contribution >= 4 is 0 Å². The molecule has 2 fully saturated rings. The molecule has 2 nitrogen and oxygen atoms in total. The van der Waals surface area contributed by atoms with Crippen LogP contribution in [0.15, 0.2) is 22.8 Å². The molecule has 1 spiro atoms. The van der Waals surface area contributed by atoms with Gasteiger partial charge in [-0.3, -0.25) is 0 Å². The lowest BCUT2D eigenvalue weighted by Crippen LogP contribution is -2.24. The molecule has 76 valence electrons. The van der Waals surface area contributed by atoms with Crippen LogP contribution in [-0.2, 0) is 0 Å². The van der Waals surface area contributed by atoms with Gasteiger partial charge in [0.25, 0.3) is 0 Å². The van der Waals surface area contributed by atoms with Crippen molar-refractivity contribution in [2.45, 2.75) is 31.6 Å². The van der Waals surface area contributed by atoms with Gasteiger partial charge >= 0.3 is 0 Å². The van der Waals surface area contributed by atoms with Crippen molar-refractivity contribution < 1.29 is 4.42 Å². The van der Waals surface area contributed by atoms with Crippen LogP contribution in [0.1, 0.15) is 37.4 Å². The molecule has 3 rings (SSSR count). The van der Waals surface area contributed by atoms with Gasteiger partial charge in [0, 0.05) is 19.0 Å². The van der Waals surface area contributed by atoms with E-state index < -0.39 is 0 Å². The lowest BCUT2D eigenvalue weighted by Gasteiger charge is -2.28. The van der Waals surface area contributed by atoms with Crippen LogP contribution in [0, 0.1) is 5.41 Å². The fourth-order valence-electron chi connectivity index (χ4n) is 3.30. The van der Waals surface area contributed by atoms with Gasteiger partial charge in [-0.15, -0.1) is 0 Å². The van der Waals surface area contributed by atoms with Crippen LogP contribution in [-0.4, -0.2) is 13.1 Å². The minimum Gasteiger partial charge on any atom is -0.469 e. The van der Waals surface area contributed by atoms with E-state index in [4.69, 9.17) is 4.42 Å². The second-order valence-electron chi connectivity index (χ2n) is 4.77. The topological polar surface area (TPSA) is 25.2 Å². The maximum atomic E-state index is 5.56. The van der Waals surface area contributed by atoms with Crippen LogP contribution in [0.5, 0.6) is 0 Å². The zero-order chi connectivity index (χ0) is 9.43. The van der Waals surface area contributed by atoms with Crippen molar-refractivity contribution in [1.82, 2.24) is 5.32 Å². The van der Waals surface area contributed by atoms with Gasteiger partial charge in [0.15, 0.2) is 0 Å². The van der Waals surface area contributed by atoms with Gasteiger partial charge in [-0.05, 0) is 30.4 Å². The SMILES string of the molecule is c1coc(C2CNCC23CCCC3)c1. The third-order valence-electron chi connectivity index (χ3n) is 4.05. The Kier molecular flexibility index (Phi) is 1.91. The van der Waals surface area contributed by atoms with E-state index in [0.29, 0.717) is 11.3 Å². The molecule has 1 aromatic heterocycles. The molecule has 1 aliphatic carbocycles. The van der Waals surface area contributed by atoms with E-state index in [9.17, 15) is 0 Å². The van der Waals surface area contributed by atoms with Crippen molar-refractivity contribution in [2.24, 2.45) is 5.41 Å². The van der Waals surface area contributed by atoms with E-state index in [-0.39, 0.29) is 0 Å². The van der Waals surface area contributed by atoms with Crippen LogP contribution in [0.4, 0.5) is 0 Å². The lowest BCUT2D eigenvalue weighted by molar-refractivity contribution is 0.266. The molecule has 0 amide bonds. The van der Waals surface area contributed by atoms with E-state index in [1.807, 2.05) is 6.07 Å². The zero-order valence-electron chi connectivity index (χ0n) is 8.46. The van der Waals surface area contributed by atoms with Crippen LogP contribution < -0.4 is 5.32 Å². The molecule has 1 N–H and O–H groups in total. The summed E-state index contributed by atoms with van der Waals surface area (Å²) < 4.78 is 5.56. The minimum absolute atomic E-state index is 0.526. The average Bonchev–Trinajstić information content (AvgIpc) is 2.91. The molecule has 0 bridgehead atoms. The Morgan fingerprint density at radius 3 is 2.93 bits per heavy atom. The van der Waals surface area contributed by atoms with Crippen molar-refractivity contribution in [3.05, 3.63) is 24.2 Å². The first-order chi connectivity index (χ1) is 6.91. The van der Waals surface area contributed by atoms with Crippen molar-refractivity contribution in [3.63, 3.8) is 0 Å². The van der Waals surface area contributed by atoms with Gasteiger partial charge in [-0.2, -0.15) is 0 Å². The highest BCUT2D eigenvalue weighted by Crippen LogP contribution is 2.50. The van der Waals surface area contributed by atoms with Gasteiger partial charge in [0.1, 0.15) is 5.76 Å². The predicted molar refractivity (Wildman–Crippen MR) is 55.2 cm³/mol. The first-order valence-electron chi connectivity index (χ1n) is 5.65. The summed E-state index contributed by atoms with van der Waals surface area (Å²) in [5, 5.41) is 3.53. The van der Waals surface area contributed by atoms with Gasteiger partial charge in [0.2, 0.25) is 0 Å². The molecule has 2 aliphatic rings. The summed E-state index contributed by atoms with van der Waals surface area (Å²) in [6.07, 6.45) is 7.37. The molecule has 1 saturated heterocycles. The summed E-state index contributed by atoms with van der Waals surface area (Å²) in [5.41, 5.74) is 0.526. The first kappa shape index (κ1) is 8.54. The molecule has 1 saturated carbocycles. The first-order valence-corrected chi connectivity index (χ1v) is 5.65. The number of nitrogens with one attached hydrogen (secondary N) is 1. The maximum absolute atomic E-state index is 5.56. The molecule has 1 aliphatic heterocycles. The molecule has 1 atom stereocenters. The summed E-state index contributed by atoms with van der Waals surface area (Å²) in [6.45, 7) is 2.30. The third-order valence-corrected chi connectivity index (χ3v) is 4.05. The quantitative estimate of drug-likeness (QED) is 0.738. The zero-order valence-corrected chi connectivity index (χ0v) is 8.46. The molecule has 0 radical (unpaired) electrons. The van der Waals surface area contributed by atoms with Crippen LogP contribution in [0.25, 0.3) is 0 Å². The Morgan fingerprint density at radius 2 is 2.21 bits per heavy atom. The van der Waals surface area contributed by atoms with Crippen LogP contribution in [0.2, 0.25) is 0 Å². The molecular formula is C12H17NO. The molecule has 2 heterocycles. The van der Waals surface area contributed by atoms with E-state index in [2.05, 4.69) is 11.4 Å². The largest absolute Gasteiger partial charge is 0.469 e. The number of furan rings is 1. The molecule has 2 heteroatoms. The molecule has 1 aromatic rings. The van der Waals surface area contributed by atoms with Gasteiger partial charge in [-0.1, -0.05) is 12.8 Å². The fraction of sp³-hybridized carbons (Fsp3) is 0.667. The highest BCUT2D eigenvalue weighted by Gasteiger charge is 2.46. The van der Waals surface area contributed by atoms with Gasteiger partial charge in [-0.25, -0.2) is 0 Å². The lowest BCUT2D eigenvalue weighted by atomic mass is 9.75. The van der Waals surface area contributed by atoms with E-state index >= 15 is 0 Å². The molecular weight excluding hydrogens is 174 g/mol. The number of hydrogen-bond acceptors (Lipinski definition) is 2. The van der Waals surface area contributed by atoms with E-state index in [1.54, 1.807) is 6.26 Å². The smallest absolute Gasteiger partial charge is 0.108 e. The Labute approximate surface area is 84.7 Å². The number of hydrogen-bond donors (Lipinski definition) is 1. The monoisotopic (exact) mass is 191 g/mol. The van der Waals surface area contributed by atoms with Gasteiger partial charge < -0.3 is 9.73 Å². The second kappa shape index (κ2) is 3.13. The average molecular weight is 191 g/mol. The van der Waals surface area contributed by atoms with Crippen molar-refractivity contribution in [2.75, 3.05) is 13.1 Å². The Morgan fingerprint density at radius 1 is 1.36 bits per heavy atom. The molecule has 1 unspecified atom stereocenters. The summed E-state index contributed by atoms with van der Waals surface area (Å²) in [5.74, 6) is 1.82. The standard InChI is InChI=1S/C12H17NO/c1-2-6-12(5-1)9-13-8-10(12)11-4-3-7-14-11/h3-4,7,10,13H,1-2,5-6,8-9H2. The third kappa shape index (κ3) is 1.13. The summed E-state index contributed by atoms with van der Waals surface area (Å²) in [6, 6.07) is 4.15. The van der Waals surface area contributed by atoms with Crippen molar-refractivity contribution in [1.29, 1.82) is 0 Å². The Bertz CT molecular complexity index is 293. The summed E-state index contributed by atoms with van der Waals surface area (Å²) in [4.78, 5) is 0. The highest BCUT2D eigenvalue weighted by atomic mass is 16.3. The summed E-state index contributed by atoms with van der Waals surface area (Å²) in [7, 11) is 0. The Hall–Kier alpha value is -0.760. The molecule has 14 heavy (non-hydrogen) atoms. The normalized spacial score (nSPS) is 30.1. The van der Waals surface area contributed by atoms with E-state index in [1.165, 1.54) is 38.0 Å². The minimum atomic E-state index is 0.526. The van der Waals surface area contributed by atoms with E-state index in [0.717, 1.165) is 6.54 Å². The second-order valence-corrected chi connectivity index (χ2v) is 4.77. The fourth-order valence-corrected chi connectivity index (χ4v) is 3.30. The highest BCUT2D eigenvalue weighted by molar-refractivity contribution is 5.16. The predicted octanol–water partition coefficient (Wildman–Crippen LogP) is 2.53.